The average molecular weight is 452 g/mol. The zero-order valence-corrected chi connectivity index (χ0v) is 20.1. The Hall–Kier alpha value is -3.12. The van der Waals surface area contributed by atoms with E-state index >= 15 is 0 Å². The summed E-state index contributed by atoms with van der Waals surface area (Å²) < 4.78 is 11.0. The highest BCUT2D eigenvalue weighted by Gasteiger charge is 2.46. The molecule has 6 heteroatoms. The molecule has 0 saturated carbocycles. The number of nitrogens with zero attached hydrogens (tertiary/aromatic N) is 1. The summed E-state index contributed by atoms with van der Waals surface area (Å²) in [7, 11) is 1.60. The fourth-order valence-electron chi connectivity index (χ4n) is 4.08. The van der Waals surface area contributed by atoms with E-state index in [2.05, 4.69) is 13.8 Å². The van der Waals surface area contributed by atoms with Gasteiger partial charge in [0.25, 0.3) is 11.7 Å². The fourth-order valence-corrected chi connectivity index (χ4v) is 4.08. The molecule has 1 saturated heterocycles. The monoisotopic (exact) mass is 451 g/mol. The van der Waals surface area contributed by atoms with E-state index in [9.17, 15) is 14.7 Å². The number of aliphatic hydroxyl groups excluding tert-OH is 1. The van der Waals surface area contributed by atoms with E-state index in [4.69, 9.17) is 9.47 Å². The maximum Gasteiger partial charge on any atom is 0.295 e. The molecule has 0 bridgehead atoms. The number of likely N-dealkylation sites (tertiary alicyclic amines) is 1. The van der Waals surface area contributed by atoms with Crippen LogP contribution in [-0.4, -0.2) is 48.6 Å². The van der Waals surface area contributed by atoms with Crippen LogP contribution in [0.2, 0.25) is 0 Å². The van der Waals surface area contributed by atoms with Crippen LogP contribution in [0.25, 0.3) is 5.76 Å². The highest BCUT2D eigenvalue weighted by molar-refractivity contribution is 6.46. The van der Waals surface area contributed by atoms with Crippen LogP contribution in [0.4, 0.5) is 0 Å². The number of rotatable bonds is 9. The standard InChI is InChI=1S/C27H33NO5/c1-17(2)16-33-22-12-11-20(15-19(22)4)25(29)23-24(21-10-7-6-9-18(21)3)28(13-8-14-32-5)27(31)26(23)30/h6-7,9-12,15,17,24,29H,8,13-14,16H2,1-5H3/b25-23+. The summed E-state index contributed by atoms with van der Waals surface area (Å²) in [5.41, 5.74) is 3.21. The van der Waals surface area contributed by atoms with Gasteiger partial charge in [0.1, 0.15) is 11.5 Å². The van der Waals surface area contributed by atoms with Gasteiger partial charge in [-0.2, -0.15) is 0 Å². The van der Waals surface area contributed by atoms with E-state index in [1.54, 1.807) is 30.2 Å². The lowest BCUT2D eigenvalue weighted by Gasteiger charge is -2.26. The summed E-state index contributed by atoms with van der Waals surface area (Å²) in [6.45, 7) is 9.41. The van der Waals surface area contributed by atoms with E-state index < -0.39 is 17.7 Å². The lowest BCUT2D eigenvalue weighted by Crippen LogP contribution is -2.31. The first-order chi connectivity index (χ1) is 15.8. The molecular formula is C27H33NO5. The van der Waals surface area contributed by atoms with Crippen molar-refractivity contribution in [3.05, 3.63) is 70.3 Å². The van der Waals surface area contributed by atoms with Crippen LogP contribution >= 0.6 is 0 Å². The molecule has 1 atom stereocenters. The third kappa shape index (κ3) is 5.28. The maximum atomic E-state index is 13.1. The second-order valence-corrected chi connectivity index (χ2v) is 8.88. The largest absolute Gasteiger partial charge is 0.507 e. The Labute approximate surface area is 195 Å². The van der Waals surface area contributed by atoms with Crippen molar-refractivity contribution in [3.8, 4) is 5.75 Å². The van der Waals surface area contributed by atoms with Crippen LogP contribution in [0.1, 0.15) is 48.6 Å². The fraction of sp³-hybridized carbons (Fsp3) is 0.407. The summed E-state index contributed by atoms with van der Waals surface area (Å²) in [4.78, 5) is 27.6. The van der Waals surface area contributed by atoms with Crippen molar-refractivity contribution >= 4 is 17.4 Å². The van der Waals surface area contributed by atoms with Gasteiger partial charge in [0.15, 0.2) is 0 Å². The van der Waals surface area contributed by atoms with Crippen LogP contribution in [0.15, 0.2) is 48.0 Å². The normalized spacial score (nSPS) is 17.8. The quantitative estimate of drug-likeness (QED) is 0.257. The molecule has 33 heavy (non-hydrogen) atoms. The summed E-state index contributed by atoms with van der Waals surface area (Å²) >= 11 is 0. The zero-order valence-electron chi connectivity index (χ0n) is 20.1. The van der Waals surface area contributed by atoms with Crippen LogP contribution in [0, 0.1) is 19.8 Å². The smallest absolute Gasteiger partial charge is 0.295 e. The first kappa shape index (κ1) is 24.5. The molecule has 1 N–H and O–H groups in total. The summed E-state index contributed by atoms with van der Waals surface area (Å²) in [5, 5.41) is 11.3. The topological polar surface area (TPSA) is 76.1 Å². The number of carbonyl (C=O) groups is 2. The van der Waals surface area contributed by atoms with Gasteiger partial charge in [-0.15, -0.1) is 0 Å². The number of aryl methyl sites for hydroxylation is 2. The zero-order chi connectivity index (χ0) is 24.1. The molecule has 1 aliphatic heterocycles. The Morgan fingerprint density at radius 1 is 1.09 bits per heavy atom. The highest BCUT2D eigenvalue weighted by atomic mass is 16.5. The van der Waals surface area contributed by atoms with Crippen molar-refractivity contribution in [1.82, 2.24) is 4.90 Å². The van der Waals surface area contributed by atoms with Crippen LogP contribution in [0.3, 0.4) is 0 Å². The number of Topliss-reactive ketones (excluding diaryl/α,β-unsaturated/α-hetero) is 1. The van der Waals surface area contributed by atoms with Crippen molar-refractivity contribution in [2.75, 3.05) is 26.9 Å². The van der Waals surface area contributed by atoms with Gasteiger partial charge in [0, 0.05) is 25.8 Å². The van der Waals surface area contributed by atoms with Crippen LogP contribution in [-0.2, 0) is 14.3 Å². The predicted molar refractivity (Wildman–Crippen MR) is 128 cm³/mol. The maximum absolute atomic E-state index is 13.1. The lowest BCUT2D eigenvalue weighted by molar-refractivity contribution is -0.140. The second-order valence-electron chi connectivity index (χ2n) is 8.88. The number of carbonyl (C=O) groups excluding carboxylic acids is 2. The molecule has 1 amide bonds. The van der Waals surface area contributed by atoms with Gasteiger partial charge < -0.3 is 19.5 Å². The van der Waals surface area contributed by atoms with E-state index in [0.717, 1.165) is 22.4 Å². The number of methoxy groups -OCH3 is 1. The average Bonchev–Trinajstić information content (AvgIpc) is 3.03. The molecular weight excluding hydrogens is 418 g/mol. The van der Waals surface area contributed by atoms with Crippen molar-refractivity contribution in [2.24, 2.45) is 5.92 Å². The summed E-state index contributed by atoms with van der Waals surface area (Å²) in [6.07, 6.45) is 0.590. The number of aliphatic hydroxyl groups is 1. The van der Waals surface area contributed by atoms with E-state index in [-0.39, 0.29) is 11.3 Å². The molecule has 1 aliphatic rings. The molecule has 1 unspecified atom stereocenters. The third-order valence-corrected chi connectivity index (χ3v) is 5.79. The molecule has 0 aromatic heterocycles. The number of benzene rings is 2. The Kier molecular flexibility index (Phi) is 7.92. The number of hydrogen-bond acceptors (Lipinski definition) is 5. The van der Waals surface area contributed by atoms with Crippen LogP contribution < -0.4 is 4.74 Å². The van der Waals surface area contributed by atoms with Gasteiger partial charge in [0.2, 0.25) is 0 Å². The molecule has 2 aromatic carbocycles. The number of ketones is 1. The number of hydrogen-bond donors (Lipinski definition) is 1. The van der Waals surface area contributed by atoms with Gasteiger partial charge in [-0.3, -0.25) is 9.59 Å². The minimum absolute atomic E-state index is 0.113. The molecule has 1 heterocycles. The Morgan fingerprint density at radius 3 is 2.45 bits per heavy atom. The molecule has 2 aromatic rings. The molecule has 0 spiro atoms. The van der Waals surface area contributed by atoms with E-state index in [1.165, 1.54) is 0 Å². The Balaban J connectivity index is 2.07. The highest BCUT2D eigenvalue weighted by Crippen LogP contribution is 2.41. The molecule has 3 rings (SSSR count). The lowest BCUT2D eigenvalue weighted by atomic mass is 9.92. The minimum Gasteiger partial charge on any atom is -0.507 e. The molecule has 6 nitrogen and oxygen atoms in total. The van der Waals surface area contributed by atoms with Crippen molar-refractivity contribution in [1.29, 1.82) is 0 Å². The van der Waals surface area contributed by atoms with Crippen LogP contribution in [0.5, 0.6) is 5.75 Å². The molecule has 0 aliphatic carbocycles. The van der Waals surface area contributed by atoms with Gasteiger partial charge in [-0.1, -0.05) is 38.1 Å². The Morgan fingerprint density at radius 2 is 1.82 bits per heavy atom. The first-order valence-corrected chi connectivity index (χ1v) is 11.3. The Bertz CT molecular complexity index is 1060. The van der Waals surface area contributed by atoms with Gasteiger partial charge in [-0.05, 0) is 61.1 Å². The third-order valence-electron chi connectivity index (χ3n) is 5.79. The first-order valence-electron chi connectivity index (χ1n) is 11.3. The predicted octanol–water partition coefficient (Wildman–Crippen LogP) is 4.80. The van der Waals surface area contributed by atoms with Gasteiger partial charge >= 0.3 is 0 Å². The number of ether oxygens (including phenoxy) is 2. The molecule has 1 fully saturated rings. The SMILES string of the molecule is COCCCN1C(=O)C(=O)/C(=C(/O)c2ccc(OCC(C)C)c(C)c2)C1c1ccccc1C. The van der Waals surface area contributed by atoms with Gasteiger partial charge in [-0.25, -0.2) is 0 Å². The number of amides is 1. The summed E-state index contributed by atoms with van der Waals surface area (Å²) in [5.74, 6) is -0.323. The van der Waals surface area contributed by atoms with E-state index in [1.807, 2.05) is 38.1 Å². The van der Waals surface area contributed by atoms with Crippen molar-refractivity contribution in [2.45, 2.75) is 40.2 Å². The van der Waals surface area contributed by atoms with E-state index in [0.29, 0.717) is 37.7 Å². The molecule has 176 valence electrons. The van der Waals surface area contributed by atoms with Crippen molar-refractivity contribution < 1.29 is 24.2 Å². The summed E-state index contributed by atoms with van der Waals surface area (Å²) in [6, 6.07) is 12.3. The minimum atomic E-state index is -0.670. The second kappa shape index (κ2) is 10.7. The van der Waals surface area contributed by atoms with Crippen molar-refractivity contribution in [3.63, 3.8) is 0 Å². The molecule has 0 radical (unpaired) electrons. The van der Waals surface area contributed by atoms with Gasteiger partial charge in [0.05, 0.1) is 18.2 Å².